The Bertz CT molecular complexity index is 616. The molecule has 0 bridgehead atoms. The van der Waals surface area contributed by atoms with E-state index in [-0.39, 0.29) is 24.2 Å². The van der Waals surface area contributed by atoms with Crippen molar-refractivity contribution >= 4 is 11.8 Å². The van der Waals surface area contributed by atoms with E-state index in [9.17, 15) is 9.59 Å². The number of carbonyl (C=O) groups is 2. The van der Waals surface area contributed by atoms with Crippen molar-refractivity contribution in [2.24, 2.45) is 11.1 Å². The van der Waals surface area contributed by atoms with Gasteiger partial charge >= 0.3 is 0 Å². The van der Waals surface area contributed by atoms with Crippen LogP contribution in [0.5, 0.6) is 5.75 Å². The van der Waals surface area contributed by atoms with Crippen molar-refractivity contribution in [3.05, 3.63) is 29.8 Å². The minimum atomic E-state index is -0.561. The summed E-state index contributed by atoms with van der Waals surface area (Å²) in [5.74, 6) is -0.305. The third kappa shape index (κ3) is 5.71. The highest BCUT2D eigenvalue weighted by atomic mass is 16.7. The van der Waals surface area contributed by atoms with E-state index in [0.717, 1.165) is 19.3 Å². The molecule has 1 atom stereocenters. The van der Waals surface area contributed by atoms with E-state index in [1.165, 1.54) is 0 Å². The molecule has 3 N–H and O–H groups in total. The normalized spacial score (nSPS) is 16.8. The van der Waals surface area contributed by atoms with Gasteiger partial charge in [-0.25, -0.2) is 0 Å². The topological polar surface area (TPSA) is 99.9 Å². The van der Waals surface area contributed by atoms with Crippen molar-refractivity contribution in [1.29, 1.82) is 0 Å². The largest absolute Gasteiger partial charge is 0.484 e. The highest BCUT2D eigenvalue weighted by Gasteiger charge is 2.36. The van der Waals surface area contributed by atoms with Gasteiger partial charge in [-0.3, -0.25) is 9.59 Å². The molecular formula is C19H28N2O5. The summed E-state index contributed by atoms with van der Waals surface area (Å²) in [6.45, 7) is 5.92. The summed E-state index contributed by atoms with van der Waals surface area (Å²) in [5, 5.41) is 2.91. The first-order chi connectivity index (χ1) is 12.4. The summed E-state index contributed by atoms with van der Waals surface area (Å²) in [5.41, 5.74) is 5.48. The monoisotopic (exact) mass is 364 g/mol. The van der Waals surface area contributed by atoms with E-state index in [4.69, 9.17) is 19.9 Å². The number of amides is 2. The average molecular weight is 364 g/mol. The fourth-order valence-corrected chi connectivity index (χ4v) is 2.90. The molecule has 2 rings (SSSR count). The van der Waals surface area contributed by atoms with Crippen LogP contribution in [0.2, 0.25) is 0 Å². The van der Waals surface area contributed by atoms with Gasteiger partial charge in [0.1, 0.15) is 5.75 Å². The second-order valence-electron chi connectivity index (χ2n) is 6.72. The molecule has 1 aliphatic heterocycles. The minimum absolute atomic E-state index is 0.0518. The first kappa shape index (κ1) is 20.2. The van der Waals surface area contributed by atoms with Crippen molar-refractivity contribution in [3.63, 3.8) is 0 Å². The number of rotatable bonds is 10. The van der Waals surface area contributed by atoms with Gasteiger partial charge in [0, 0.05) is 17.5 Å². The molecule has 144 valence electrons. The number of hydrogen-bond acceptors (Lipinski definition) is 5. The molecule has 7 nitrogen and oxygen atoms in total. The van der Waals surface area contributed by atoms with Gasteiger partial charge in [0.05, 0.1) is 13.2 Å². The second kappa shape index (κ2) is 9.54. The fraction of sp³-hybridized carbons (Fsp3) is 0.579. The quantitative estimate of drug-likeness (QED) is 0.617. The molecule has 0 unspecified atom stereocenters. The zero-order valence-corrected chi connectivity index (χ0v) is 15.5. The van der Waals surface area contributed by atoms with E-state index in [1.807, 2.05) is 0 Å². The van der Waals surface area contributed by atoms with Crippen LogP contribution >= 0.6 is 0 Å². The van der Waals surface area contributed by atoms with E-state index in [0.29, 0.717) is 31.1 Å². The average Bonchev–Trinajstić information content (AvgIpc) is 3.19. The fourth-order valence-electron chi connectivity index (χ4n) is 2.90. The van der Waals surface area contributed by atoms with Crippen molar-refractivity contribution in [2.75, 3.05) is 26.4 Å². The third-order valence-electron chi connectivity index (χ3n) is 4.69. The highest BCUT2D eigenvalue weighted by molar-refractivity contribution is 5.94. The van der Waals surface area contributed by atoms with Crippen LogP contribution in [0.15, 0.2) is 24.3 Å². The molecule has 0 spiro atoms. The van der Waals surface area contributed by atoms with Crippen LogP contribution in [0.25, 0.3) is 0 Å². The Morgan fingerprint density at radius 3 is 2.73 bits per heavy atom. The smallest absolute Gasteiger partial charge is 0.255 e. The molecule has 1 aromatic carbocycles. The number of primary amides is 1. The predicted octanol–water partition coefficient (Wildman–Crippen LogP) is 1.85. The van der Waals surface area contributed by atoms with Crippen molar-refractivity contribution in [3.8, 4) is 5.75 Å². The summed E-state index contributed by atoms with van der Waals surface area (Å²) in [4.78, 5) is 23.0. The number of hydrogen-bond donors (Lipinski definition) is 2. The molecule has 0 aliphatic carbocycles. The standard InChI is InChI=1S/C19H28N2O5/c1-3-19(2,18-24-10-11-25-18)8-5-9-21-17(23)14-6-4-7-15(12-14)26-13-16(20)22/h4,6-7,12,18H,3,5,8-11,13H2,1-2H3,(H2,20,22)(H,21,23)/t19-/m1/s1. The van der Waals surface area contributed by atoms with Crippen LogP contribution in [0.1, 0.15) is 43.5 Å². The lowest BCUT2D eigenvalue weighted by atomic mass is 9.82. The molecular weight excluding hydrogens is 336 g/mol. The van der Waals surface area contributed by atoms with Crippen LogP contribution in [0.4, 0.5) is 0 Å². The summed E-state index contributed by atoms with van der Waals surface area (Å²) in [7, 11) is 0. The van der Waals surface area contributed by atoms with E-state index < -0.39 is 5.91 Å². The number of carbonyl (C=O) groups excluding carboxylic acids is 2. The van der Waals surface area contributed by atoms with Crippen molar-refractivity contribution in [1.82, 2.24) is 5.32 Å². The Morgan fingerprint density at radius 2 is 2.08 bits per heavy atom. The summed E-state index contributed by atoms with van der Waals surface area (Å²) < 4.78 is 16.5. The summed E-state index contributed by atoms with van der Waals surface area (Å²) in [6.07, 6.45) is 2.51. The van der Waals surface area contributed by atoms with Gasteiger partial charge < -0.3 is 25.3 Å². The maximum atomic E-state index is 12.3. The number of ether oxygens (including phenoxy) is 3. The van der Waals surface area contributed by atoms with Crippen LogP contribution in [0.3, 0.4) is 0 Å². The van der Waals surface area contributed by atoms with Gasteiger partial charge in [-0.05, 0) is 37.5 Å². The molecule has 0 aromatic heterocycles. The van der Waals surface area contributed by atoms with E-state index in [1.54, 1.807) is 24.3 Å². The van der Waals surface area contributed by atoms with Gasteiger partial charge in [0.2, 0.25) is 0 Å². The Kier molecular flexibility index (Phi) is 7.41. The lowest BCUT2D eigenvalue weighted by Crippen LogP contribution is -2.34. The molecule has 1 aromatic rings. The predicted molar refractivity (Wildman–Crippen MR) is 96.8 cm³/mol. The molecule has 0 radical (unpaired) electrons. The molecule has 0 saturated carbocycles. The molecule has 1 heterocycles. The summed E-state index contributed by atoms with van der Waals surface area (Å²) >= 11 is 0. The molecule has 7 heteroatoms. The molecule has 1 saturated heterocycles. The molecule has 26 heavy (non-hydrogen) atoms. The molecule has 1 aliphatic rings. The Hall–Kier alpha value is -2.12. The molecule has 2 amide bonds. The van der Waals surface area contributed by atoms with Gasteiger partial charge in [-0.1, -0.05) is 19.9 Å². The summed E-state index contributed by atoms with van der Waals surface area (Å²) in [6, 6.07) is 6.67. The number of nitrogens with one attached hydrogen (secondary N) is 1. The Morgan fingerprint density at radius 1 is 1.35 bits per heavy atom. The lowest BCUT2D eigenvalue weighted by molar-refractivity contribution is -0.131. The van der Waals surface area contributed by atoms with Gasteiger partial charge in [-0.2, -0.15) is 0 Å². The first-order valence-electron chi connectivity index (χ1n) is 8.97. The third-order valence-corrected chi connectivity index (χ3v) is 4.69. The zero-order chi connectivity index (χ0) is 19.0. The number of benzene rings is 1. The van der Waals surface area contributed by atoms with Crippen LogP contribution in [0, 0.1) is 5.41 Å². The Labute approximate surface area is 154 Å². The van der Waals surface area contributed by atoms with E-state index >= 15 is 0 Å². The van der Waals surface area contributed by atoms with Crippen LogP contribution in [-0.4, -0.2) is 44.5 Å². The van der Waals surface area contributed by atoms with E-state index in [2.05, 4.69) is 19.2 Å². The van der Waals surface area contributed by atoms with Crippen molar-refractivity contribution in [2.45, 2.75) is 39.4 Å². The number of nitrogens with two attached hydrogens (primary N) is 1. The van der Waals surface area contributed by atoms with Crippen LogP contribution in [-0.2, 0) is 14.3 Å². The van der Waals surface area contributed by atoms with Crippen LogP contribution < -0.4 is 15.8 Å². The minimum Gasteiger partial charge on any atom is -0.484 e. The maximum Gasteiger partial charge on any atom is 0.255 e. The highest BCUT2D eigenvalue weighted by Crippen LogP contribution is 2.35. The molecule has 1 fully saturated rings. The maximum absolute atomic E-state index is 12.3. The lowest BCUT2D eigenvalue weighted by Gasteiger charge is -2.33. The van der Waals surface area contributed by atoms with Gasteiger partial charge in [0.25, 0.3) is 11.8 Å². The second-order valence-corrected chi connectivity index (χ2v) is 6.72. The SMILES string of the molecule is CC[C@](C)(CCCNC(=O)c1cccc(OCC(N)=O)c1)C1OCCO1. The first-order valence-corrected chi connectivity index (χ1v) is 8.97. The van der Waals surface area contributed by atoms with Gasteiger partial charge in [-0.15, -0.1) is 0 Å². The Balaban J connectivity index is 1.79. The van der Waals surface area contributed by atoms with Crippen molar-refractivity contribution < 1.29 is 23.8 Å². The zero-order valence-electron chi connectivity index (χ0n) is 15.5. The van der Waals surface area contributed by atoms with Gasteiger partial charge in [0.15, 0.2) is 12.9 Å².